The van der Waals surface area contributed by atoms with E-state index in [-0.39, 0.29) is 5.82 Å². The van der Waals surface area contributed by atoms with Crippen LogP contribution >= 0.6 is 0 Å². The summed E-state index contributed by atoms with van der Waals surface area (Å²) in [6.07, 6.45) is 1.07. The second-order valence-electron chi connectivity index (χ2n) is 1.46. The summed E-state index contributed by atoms with van der Waals surface area (Å²) in [7, 11) is 3.10. The first-order chi connectivity index (χ1) is 4.33. The molecule has 1 aromatic heterocycles. The highest BCUT2D eigenvalue weighted by Gasteiger charge is 1.90. The maximum absolute atomic E-state index is 12.1. The van der Waals surface area contributed by atoms with Gasteiger partial charge >= 0.3 is 0 Å². The SMILES string of the molecule is [CH2]Oc1ccc(F)cn1. The van der Waals surface area contributed by atoms with Gasteiger partial charge in [0, 0.05) is 6.07 Å². The molecule has 1 aromatic rings. The fourth-order valence-corrected chi connectivity index (χ4v) is 0.448. The third-order valence-corrected chi connectivity index (χ3v) is 0.848. The van der Waals surface area contributed by atoms with Gasteiger partial charge < -0.3 is 4.74 Å². The first-order valence-corrected chi connectivity index (χ1v) is 2.36. The van der Waals surface area contributed by atoms with E-state index in [1.165, 1.54) is 12.1 Å². The Morgan fingerprint density at radius 1 is 1.56 bits per heavy atom. The molecule has 0 atom stereocenters. The molecule has 1 rings (SSSR count). The number of hydrogen-bond donors (Lipinski definition) is 0. The Bertz CT molecular complexity index is 185. The highest BCUT2D eigenvalue weighted by molar-refractivity contribution is 5.10. The minimum absolute atomic E-state index is 0.316. The van der Waals surface area contributed by atoms with Crippen LogP contribution in [-0.4, -0.2) is 4.98 Å². The fourth-order valence-electron chi connectivity index (χ4n) is 0.448. The number of pyridine rings is 1. The van der Waals surface area contributed by atoms with Gasteiger partial charge in [0.1, 0.15) is 12.9 Å². The average Bonchev–Trinajstić information content (AvgIpc) is 1.90. The van der Waals surface area contributed by atoms with Crippen LogP contribution in [0.2, 0.25) is 0 Å². The quantitative estimate of drug-likeness (QED) is 0.567. The highest BCUT2D eigenvalue weighted by Crippen LogP contribution is 2.04. The van der Waals surface area contributed by atoms with Crippen LogP contribution < -0.4 is 4.74 Å². The molecule has 0 fully saturated rings. The van der Waals surface area contributed by atoms with Crippen molar-refractivity contribution < 1.29 is 9.13 Å². The van der Waals surface area contributed by atoms with Gasteiger partial charge in [-0.15, -0.1) is 0 Å². The zero-order chi connectivity index (χ0) is 6.69. The van der Waals surface area contributed by atoms with Gasteiger partial charge in [-0.25, -0.2) is 9.37 Å². The maximum Gasteiger partial charge on any atom is 0.213 e. The summed E-state index contributed by atoms with van der Waals surface area (Å²) in [5.41, 5.74) is 0. The number of hydrogen-bond acceptors (Lipinski definition) is 2. The topological polar surface area (TPSA) is 22.1 Å². The molecule has 0 spiro atoms. The molecular weight excluding hydrogens is 121 g/mol. The molecule has 0 saturated carbocycles. The summed E-state index contributed by atoms with van der Waals surface area (Å²) >= 11 is 0. The maximum atomic E-state index is 12.1. The molecule has 0 aromatic carbocycles. The van der Waals surface area contributed by atoms with Crippen LogP contribution in [0.15, 0.2) is 18.3 Å². The monoisotopic (exact) mass is 126 g/mol. The van der Waals surface area contributed by atoms with Gasteiger partial charge in [-0.05, 0) is 6.07 Å². The smallest absolute Gasteiger partial charge is 0.213 e. The molecule has 0 amide bonds. The number of nitrogens with zero attached hydrogens (tertiary/aromatic N) is 1. The van der Waals surface area contributed by atoms with E-state index in [9.17, 15) is 4.39 Å². The predicted octanol–water partition coefficient (Wildman–Crippen LogP) is 1.39. The molecule has 0 bridgehead atoms. The number of halogens is 1. The van der Waals surface area contributed by atoms with E-state index < -0.39 is 0 Å². The normalized spacial score (nSPS) is 9.11. The summed E-state index contributed by atoms with van der Waals surface area (Å²) in [6.45, 7) is 0. The molecule has 0 saturated heterocycles. The molecule has 1 heterocycles. The Morgan fingerprint density at radius 2 is 2.33 bits per heavy atom. The summed E-state index contributed by atoms with van der Waals surface area (Å²) < 4.78 is 16.5. The lowest BCUT2D eigenvalue weighted by molar-refractivity contribution is 0.450. The van der Waals surface area contributed by atoms with Crippen molar-refractivity contribution in [3.63, 3.8) is 0 Å². The van der Waals surface area contributed by atoms with Gasteiger partial charge in [0.05, 0.1) is 6.20 Å². The van der Waals surface area contributed by atoms with Crippen molar-refractivity contribution in [2.24, 2.45) is 0 Å². The molecule has 1 radical (unpaired) electrons. The standard InChI is InChI=1S/C6H5FNO/c1-9-6-3-2-5(7)4-8-6/h2-4H,1H2. The molecular formula is C6H5FNO. The van der Waals surface area contributed by atoms with E-state index >= 15 is 0 Å². The van der Waals surface area contributed by atoms with Crippen LogP contribution in [0.25, 0.3) is 0 Å². The lowest BCUT2D eigenvalue weighted by Gasteiger charge is -1.93. The van der Waals surface area contributed by atoms with E-state index in [2.05, 4.69) is 16.8 Å². The van der Waals surface area contributed by atoms with Crippen LogP contribution in [0.4, 0.5) is 4.39 Å². The fraction of sp³-hybridized carbons (Fsp3) is 0. The van der Waals surface area contributed by atoms with Crippen molar-refractivity contribution in [2.75, 3.05) is 0 Å². The van der Waals surface area contributed by atoms with E-state index in [1.54, 1.807) is 0 Å². The third kappa shape index (κ3) is 1.38. The van der Waals surface area contributed by atoms with E-state index in [0.29, 0.717) is 5.88 Å². The lowest BCUT2D eigenvalue weighted by atomic mass is 10.5. The molecule has 0 unspecified atom stereocenters. The van der Waals surface area contributed by atoms with Crippen molar-refractivity contribution >= 4 is 0 Å². The van der Waals surface area contributed by atoms with Crippen LogP contribution in [0, 0.1) is 12.9 Å². The van der Waals surface area contributed by atoms with Gasteiger partial charge in [-0.3, -0.25) is 0 Å². The summed E-state index contributed by atoms with van der Waals surface area (Å²) in [5, 5.41) is 0. The third-order valence-electron chi connectivity index (χ3n) is 0.848. The Kier molecular flexibility index (Phi) is 1.63. The van der Waals surface area contributed by atoms with E-state index in [4.69, 9.17) is 0 Å². The minimum atomic E-state index is -0.379. The second-order valence-corrected chi connectivity index (χ2v) is 1.46. The van der Waals surface area contributed by atoms with Gasteiger partial charge in [0.15, 0.2) is 0 Å². The van der Waals surface area contributed by atoms with Crippen LogP contribution in [0.1, 0.15) is 0 Å². The summed E-state index contributed by atoms with van der Waals surface area (Å²) in [5.74, 6) is -0.0628. The molecule has 2 nitrogen and oxygen atoms in total. The number of ether oxygens (including phenoxy) is 1. The van der Waals surface area contributed by atoms with Gasteiger partial charge in [-0.2, -0.15) is 0 Å². The molecule has 3 heteroatoms. The van der Waals surface area contributed by atoms with Gasteiger partial charge in [0.25, 0.3) is 0 Å². The molecule has 0 N–H and O–H groups in total. The van der Waals surface area contributed by atoms with Crippen molar-refractivity contribution in [1.82, 2.24) is 4.98 Å². The second kappa shape index (κ2) is 2.44. The van der Waals surface area contributed by atoms with E-state index in [1.807, 2.05) is 0 Å². The molecule has 47 valence electrons. The molecule has 0 aliphatic rings. The van der Waals surface area contributed by atoms with Crippen molar-refractivity contribution in [2.45, 2.75) is 0 Å². The van der Waals surface area contributed by atoms with Crippen molar-refractivity contribution in [3.05, 3.63) is 31.3 Å². The Hall–Kier alpha value is -1.12. The zero-order valence-electron chi connectivity index (χ0n) is 4.67. The van der Waals surface area contributed by atoms with Crippen molar-refractivity contribution in [1.29, 1.82) is 0 Å². The molecule has 9 heavy (non-hydrogen) atoms. The Labute approximate surface area is 52.3 Å². The molecule has 0 aliphatic carbocycles. The van der Waals surface area contributed by atoms with E-state index in [0.717, 1.165) is 6.20 Å². The van der Waals surface area contributed by atoms with Gasteiger partial charge in [0.2, 0.25) is 5.88 Å². The summed E-state index contributed by atoms with van der Waals surface area (Å²) in [6, 6.07) is 2.66. The Morgan fingerprint density at radius 3 is 2.78 bits per heavy atom. The van der Waals surface area contributed by atoms with Crippen LogP contribution in [0.3, 0.4) is 0 Å². The summed E-state index contributed by atoms with van der Waals surface area (Å²) in [4.78, 5) is 3.54. The van der Waals surface area contributed by atoms with Crippen LogP contribution in [-0.2, 0) is 0 Å². The first kappa shape index (κ1) is 6.01. The molecule has 0 aliphatic heterocycles. The predicted molar refractivity (Wildman–Crippen MR) is 30.2 cm³/mol. The lowest BCUT2D eigenvalue weighted by Crippen LogP contribution is -1.83. The van der Waals surface area contributed by atoms with Crippen molar-refractivity contribution in [3.8, 4) is 5.88 Å². The van der Waals surface area contributed by atoms with Crippen LogP contribution in [0.5, 0.6) is 5.88 Å². The number of aromatic nitrogens is 1. The minimum Gasteiger partial charge on any atom is -0.474 e. The zero-order valence-corrected chi connectivity index (χ0v) is 4.67. The Balaban J connectivity index is 2.88. The largest absolute Gasteiger partial charge is 0.474 e. The van der Waals surface area contributed by atoms with Gasteiger partial charge in [-0.1, -0.05) is 0 Å². The number of rotatable bonds is 1. The first-order valence-electron chi connectivity index (χ1n) is 2.36. The highest BCUT2D eigenvalue weighted by atomic mass is 19.1. The average molecular weight is 126 g/mol.